The maximum atomic E-state index is 5.91. The molecule has 2 unspecified atom stereocenters. The Hall–Kier alpha value is -1.09. The first-order valence-corrected chi connectivity index (χ1v) is 6.54. The monoisotopic (exact) mass is 235 g/mol. The quantitative estimate of drug-likeness (QED) is 0.824. The maximum absolute atomic E-state index is 5.91. The molecule has 96 valence electrons. The van der Waals surface area contributed by atoms with E-state index in [1.807, 2.05) is 19.2 Å². The van der Waals surface area contributed by atoms with Gasteiger partial charge in [0.05, 0.1) is 0 Å². The molecule has 0 aliphatic carbocycles. The van der Waals surface area contributed by atoms with E-state index in [0.717, 1.165) is 24.5 Å². The molecule has 0 aromatic carbocycles. The minimum absolute atomic E-state index is 0.0686. The van der Waals surface area contributed by atoms with Crippen molar-refractivity contribution >= 4 is 5.82 Å². The maximum Gasteiger partial charge on any atom is 0.128 e. The Morgan fingerprint density at radius 3 is 2.59 bits per heavy atom. The number of nitrogens with zero attached hydrogens (tertiary/aromatic N) is 2. The first-order valence-electron chi connectivity index (χ1n) is 6.54. The van der Waals surface area contributed by atoms with Gasteiger partial charge in [-0.15, -0.1) is 0 Å². The van der Waals surface area contributed by atoms with E-state index in [1.54, 1.807) is 0 Å². The van der Waals surface area contributed by atoms with Crippen molar-refractivity contribution in [2.45, 2.75) is 40.2 Å². The summed E-state index contributed by atoms with van der Waals surface area (Å²) in [7, 11) is 0. The molecule has 0 saturated heterocycles. The van der Waals surface area contributed by atoms with Crippen LogP contribution in [0, 0.1) is 5.92 Å². The Labute approximate surface area is 105 Å². The number of pyridine rings is 1. The van der Waals surface area contributed by atoms with Crippen LogP contribution in [0.15, 0.2) is 18.3 Å². The molecule has 0 amide bonds. The molecule has 1 aromatic rings. The van der Waals surface area contributed by atoms with Gasteiger partial charge < -0.3 is 10.6 Å². The second-order valence-electron chi connectivity index (χ2n) is 4.79. The number of rotatable bonds is 6. The average molecular weight is 235 g/mol. The number of hydrogen-bond donors (Lipinski definition) is 1. The highest BCUT2D eigenvalue weighted by Crippen LogP contribution is 2.18. The second kappa shape index (κ2) is 6.60. The van der Waals surface area contributed by atoms with E-state index in [0.29, 0.717) is 5.92 Å². The Morgan fingerprint density at radius 1 is 1.35 bits per heavy atom. The minimum atomic E-state index is 0.0686. The lowest BCUT2D eigenvalue weighted by Gasteiger charge is -2.25. The van der Waals surface area contributed by atoms with Crippen LogP contribution in [0.2, 0.25) is 0 Å². The molecule has 1 heterocycles. The molecular weight excluding hydrogens is 210 g/mol. The van der Waals surface area contributed by atoms with Gasteiger partial charge in [-0.1, -0.05) is 20.3 Å². The summed E-state index contributed by atoms with van der Waals surface area (Å²) in [5.41, 5.74) is 7.06. The zero-order valence-electron chi connectivity index (χ0n) is 11.5. The summed E-state index contributed by atoms with van der Waals surface area (Å²) in [5, 5.41) is 0. The number of hydrogen-bond acceptors (Lipinski definition) is 3. The minimum Gasteiger partial charge on any atom is -0.357 e. The van der Waals surface area contributed by atoms with Crippen LogP contribution in [-0.2, 0) is 0 Å². The molecule has 0 radical (unpaired) electrons. The molecule has 3 nitrogen and oxygen atoms in total. The van der Waals surface area contributed by atoms with Crippen LogP contribution in [0.5, 0.6) is 0 Å². The van der Waals surface area contributed by atoms with Gasteiger partial charge in [0.25, 0.3) is 0 Å². The van der Waals surface area contributed by atoms with Crippen LogP contribution in [0.25, 0.3) is 0 Å². The zero-order valence-corrected chi connectivity index (χ0v) is 11.5. The zero-order chi connectivity index (χ0) is 12.8. The standard InChI is InChI=1S/C14H25N3/c1-5-11(3)10-17(6-2)14-9-13(12(4)15)7-8-16-14/h7-9,11-12H,5-6,10,15H2,1-4H3. The van der Waals surface area contributed by atoms with Crippen molar-refractivity contribution in [3.05, 3.63) is 23.9 Å². The first kappa shape index (κ1) is 14.0. The van der Waals surface area contributed by atoms with Crippen LogP contribution in [0.4, 0.5) is 5.82 Å². The van der Waals surface area contributed by atoms with E-state index < -0.39 is 0 Å². The van der Waals surface area contributed by atoms with Crippen molar-refractivity contribution in [2.24, 2.45) is 11.7 Å². The molecule has 0 aliphatic rings. The third kappa shape index (κ3) is 4.00. The molecule has 0 saturated carbocycles. The molecule has 2 N–H and O–H groups in total. The topological polar surface area (TPSA) is 42.1 Å². The van der Waals surface area contributed by atoms with Gasteiger partial charge in [0, 0.05) is 25.3 Å². The summed E-state index contributed by atoms with van der Waals surface area (Å²) < 4.78 is 0. The van der Waals surface area contributed by atoms with E-state index in [1.165, 1.54) is 6.42 Å². The molecule has 17 heavy (non-hydrogen) atoms. The third-order valence-electron chi connectivity index (χ3n) is 3.23. The molecule has 3 heteroatoms. The van der Waals surface area contributed by atoms with Gasteiger partial charge in [0.2, 0.25) is 0 Å². The molecule has 1 aromatic heterocycles. The fourth-order valence-corrected chi connectivity index (χ4v) is 1.78. The van der Waals surface area contributed by atoms with E-state index >= 15 is 0 Å². The largest absolute Gasteiger partial charge is 0.357 e. The normalized spacial score (nSPS) is 14.4. The van der Waals surface area contributed by atoms with Crippen molar-refractivity contribution in [3.8, 4) is 0 Å². The summed E-state index contributed by atoms with van der Waals surface area (Å²) in [6, 6.07) is 4.17. The smallest absolute Gasteiger partial charge is 0.128 e. The molecule has 0 bridgehead atoms. The highest BCUT2D eigenvalue weighted by molar-refractivity contribution is 5.41. The van der Waals surface area contributed by atoms with Gasteiger partial charge in [0.1, 0.15) is 5.82 Å². The van der Waals surface area contributed by atoms with Crippen molar-refractivity contribution < 1.29 is 0 Å². The van der Waals surface area contributed by atoms with Crippen LogP contribution < -0.4 is 10.6 Å². The lowest BCUT2D eigenvalue weighted by molar-refractivity contribution is 0.545. The average Bonchev–Trinajstić information content (AvgIpc) is 2.35. The van der Waals surface area contributed by atoms with Crippen LogP contribution in [0.1, 0.15) is 45.7 Å². The third-order valence-corrected chi connectivity index (χ3v) is 3.23. The Balaban J connectivity index is 2.84. The molecule has 1 rings (SSSR count). The number of nitrogens with two attached hydrogens (primary N) is 1. The highest BCUT2D eigenvalue weighted by Gasteiger charge is 2.10. The summed E-state index contributed by atoms with van der Waals surface area (Å²) >= 11 is 0. The number of anilines is 1. The molecular formula is C14H25N3. The fourth-order valence-electron chi connectivity index (χ4n) is 1.78. The lowest BCUT2D eigenvalue weighted by atomic mass is 10.1. The van der Waals surface area contributed by atoms with Crippen molar-refractivity contribution in [2.75, 3.05) is 18.0 Å². The SMILES string of the molecule is CCC(C)CN(CC)c1cc(C(C)N)ccn1. The summed E-state index contributed by atoms with van der Waals surface area (Å²) in [6.07, 6.45) is 3.05. The van der Waals surface area contributed by atoms with Gasteiger partial charge in [0.15, 0.2) is 0 Å². The summed E-state index contributed by atoms with van der Waals surface area (Å²) in [5.74, 6) is 1.73. The van der Waals surface area contributed by atoms with E-state index in [-0.39, 0.29) is 6.04 Å². The van der Waals surface area contributed by atoms with Gasteiger partial charge in [-0.2, -0.15) is 0 Å². The first-order chi connectivity index (χ1) is 8.08. The Bertz CT molecular complexity index is 336. The Morgan fingerprint density at radius 2 is 2.06 bits per heavy atom. The second-order valence-corrected chi connectivity index (χ2v) is 4.79. The Kier molecular flexibility index (Phi) is 5.42. The van der Waals surface area contributed by atoms with E-state index in [4.69, 9.17) is 5.73 Å². The number of aromatic nitrogens is 1. The molecule has 2 atom stereocenters. The highest BCUT2D eigenvalue weighted by atomic mass is 15.2. The van der Waals surface area contributed by atoms with Crippen molar-refractivity contribution in [1.29, 1.82) is 0 Å². The molecule has 0 spiro atoms. The van der Waals surface area contributed by atoms with Gasteiger partial charge in [-0.25, -0.2) is 4.98 Å². The lowest BCUT2D eigenvalue weighted by Crippen LogP contribution is -2.29. The van der Waals surface area contributed by atoms with Crippen LogP contribution in [0.3, 0.4) is 0 Å². The van der Waals surface area contributed by atoms with Crippen molar-refractivity contribution in [3.63, 3.8) is 0 Å². The van der Waals surface area contributed by atoms with Gasteiger partial charge >= 0.3 is 0 Å². The predicted octanol–water partition coefficient (Wildman–Crippen LogP) is 2.97. The predicted molar refractivity (Wildman–Crippen MR) is 74.2 cm³/mol. The fraction of sp³-hybridized carbons (Fsp3) is 0.643. The van der Waals surface area contributed by atoms with E-state index in [9.17, 15) is 0 Å². The van der Waals surface area contributed by atoms with Gasteiger partial charge in [-0.05, 0) is 37.5 Å². The van der Waals surface area contributed by atoms with Gasteiger partial charge in [-0.3, -0.25) is 0 Å². The van der Waals surface area contributed by atoms with E-state index in [2.05, 4.69) is 36.7 Å². The molecule has 0 fully saturated rings. The van der Waals surface area contributed by atoms with Crippen molar-refractivity contribution in [1.82, 2.24) is 4.98 Å². The summed E-state index contributed by atoms with van der Waals surface area (Å²) in [6.45, 7) is 10.7. The molecule has 0 aliphatic heterocycles. The summed E-state index contributed by atoms with van der Waals surface area (Å²) in [4.78, 5) is 6.77. The van der Waals surface area contributed by atoms with Crippen LogP contribution >= 0.6 is 0 Å². The van der Waals surface area contributed by atoms with Crippen LogP contribution in [-0.4, -0.2) is 18.1 Å².